The number of rotatable bonds is 6. The quantitative estimate of drug-likeness (QED) is 0.600. The average Bonchev–Trinajstić information content (AvgIpc) is 2.21. The fraction of sp³-hybridized carbons (Fsp3) is 0.727. The van der Waals surface area contributed by atoms with Crippen LogP contribution in [0.1, 0.15) is 26.7 Å². The summed E-state index contributed by atoms with van der Waals surface area (Å²) in [6.45, 7) is 4.95. The molecule has 3 nitrogen and oxygen atoms in total. The normalized spacial score (nSPS) is 11.9. The Hall–Kier alpha value is -1.01. The molecule has 0 bridgehead atoms. The van der Waals surface area contributed by atoms with E-state index in [0.717, 1.165) is 6.42 Å². The van der Waals surface area contributed by atoms with Crippen LogP contribution in [0.2, 0.25) is 0 Å². The minimum atomic E-state index is 0.106. The molecule has 0 spiro atoms. The Morgan fingerprint density at radius 3 is 2.71 bits per heavy atom. The maximum Gasteiger partial charge on any atom is 0.223 e. The topological polar surface area (TPSA) is 29.5 Å². The average molecular weight is 197 g/mol. The lowest BCUT2D eigenvalue weighted by molar-refractivity contribution is -0.131. The van der Waals surface area contributed by atoms with Crippen LogP contribution in [0.25, 0.3) is 0 Å². The molecule has 0 radical (unpaired) electrons. The van der Waals surface area contributed by atoms with Gasteiger partial charge in [0.15, 0.2) is 0 Å². The van der Waals surface area contributed by atoms with Crippen molar-refractivity contribution in [3.63, 3.8) is 0 Å². The largest absolute Gasteiger partial charge is 0.382 e. The van der Waals surface area contributed by atoms with Gasteiger partial charge in [0.2, 0.25) is 5.91 Å². The summed E-state index contributed by atoms with van der Waals surface area (Å²) < 4.78 is 5.06. The van der Waals surface area contributed by atoms with Crippen molar-refractivity contribution >= 4 is 5.91 Å². The summed E-state index contributed by atoms with van der Waals surface area (Å²) in [5, 5.41) is 0. The van der Waals surface area contributed by atoms with Crippen LogP contribution in [0, 0.1) is 12.3 Å². The van der Waals surface area contributed by atoms with Crippen molar-refractivity contribution in [3.8, 4) is 12.3 Å². The monoisotopic (exact) mass is 197 g/mol. The maximum absolute atomic E-state index is 11.6. The molecule has 14 heavy (non-hydrogen) atoms. The summed E-state index contributed by atoms with van der Waals surface area (Å²) in [7, 11) is 1.65. The maximum atomic E-state index is 11.6. The molecule has 0 fully saturated rings. The molecule has 0 rings (SSSR count). The van der Waals surface area contributed by atoms with Crippen LogP contribution < -0.4 is 0 Å². The Labute approximate surface area is 86.4 Å². The highest BCUT2D eigenvalue weighted by Crippen LogP contribution is 2.03. The van der Waals surface area contributed by atoms with Crippen molar-refractivity contribution in [2.75, 3.05) is 20.2 Å². The van der Waals surface area contributed by atoms with Gasteiger partial charge >= 0.3 is 0 Å². The van der Waals surface area contributed by atoms with Crippen molar-refractivity contribution in [1.29, 1.82) is 0 Å². The van der Waals surface area contributed by atoms with Gasteiger partial charge in [-0.2, -0.15) is 0 Å². The van der Waals surface area contributed by atoms with E-state index >= 15 is 0 Å². The number of methoxy groups -OCH3 is 1. The first kappa shape index (κ1) is 13.0. The molecule has 0 aromatic heterocycles. The number of ether oxygens (including phenoxy) is 1. The second-order valence-corrected chi connectivity index (χ2v) is 3.20. The van der Waals surface area contributed by atoms with Gasteiger partial charge in [0.05, 0.1) is 12.6 Å². The molecular formula is C11H19NO2. The van der Waals surface area contributed by atoms with E-state index < -0.39 is 0 Å². The number of hydrogen-bond donors (Lipinski definition) is 0. The Kier molecular flexibility index (Phi) is 6.87. The van der Waals surface area contributed by atoms with E-state index in [1.165, 1.54) is 0 Å². The Morgan fingerprint density at radius 2 is 2.29 bits per heavy atom. The van der Waals surface area contributed by atoms with E-state index in [-0.39, 0.29) is 12.0 Å². The summed E-state index contributed by atoms with van der Waals surface area (Å²) >= 11 is 0. The van der Waals surface area contributed by atoms with Gasteiger partial charge in [0.1, 0.15) is 0 Å². The minimum Gasteiger partial charge on any atom is -0.382 e. The van der Waals surface area contributed by atoms with Crippen molar-refractivity contribution in [1.82, 2.24) is 4.90 Å². The van der Waals surface area contributed by atoms with Crippen LogP contribution >= 0.6 is 0 Å². The molecule has 0 saturated heterocycles. The Bertz CT molecular complexity index is 208. The predicted octanol–water partition coefficient (Wildman–Crippen LogP) is 1.28. The smallest absolute Gasteiger partial charge is 0.223 e. The van der Waals surface area contributed by atoms with Gasteiger partial charge in [0, 0.05) is 20.1 Å². The van der Waals surface area contributed by atoms with E-state index in [2.05, 4.69) is 5.92 Å². The first-order chi connectivity index (χ1) is 6.65. The van der Waals surface area contributed by atoms with Gasteiger partial charge in [-0.05, 0) is 20.3 Å². The van der Waals surface area contributed by atoms with Gasteiger partial charge in [-0.25, -0.2) is 0 Å². The number of amides is 1. The lowest BCUT2D eigenvalue weighted by Gasteiger charge is -2.18. The third-order valence-electron chi connectivity index (χ3n) is 2.18. The zero-order valence-corrected chi connectivity index (χ0v) is 9.25. The van der Waals surface area contributed by atoms with Gasteiger partial charge in [0.25, 0.3) is 0 Å². The third-order valence-corrected chi connectivity index (χ3v) is 2.18. The predicted molar refractivity (Wildman–Crippen MR) is 56.8 cm³/mol. The highest BCUT2D eigenvalue weighted by atomic mass is 16.5. The van der Waals surface area contributed by atoms with Crippen LogP contribution in [0.15, 0.2) is 0 Å². The van der Waals surface area contributed by atoms with Crippen molar-refractivity contribution in [2.24, 2.45) is 0 Å². The first-order valence-electron chi connectivity index (χ1n) is 4.89. The molecule has 0 aliphatic carbocycles. The van der Waals surface area contributed by atoms with Gasteiger partial charge in [-0.1, -0.05) is 5.92 Å². The highest BCUT2D eigenvalue weighted by Gasteiger charge is 2.11. The van der Waals surface area contributed by atoms with Gasteiger partial charge in [-0.15, -0.1) is 6.42 Å². The van der Waals surface area contributed by atoms with Crippen molar-refractivity contribution in [2.45, 2.75) is 32.8 Å². The lowest BCUT2D eigenvalue weighted by Crippen LogP contribution is -2.31. The molecule has 0 N–H and O–H groups in total. The molecule has 0 heterocycles. The molecule has 1 unspecified atom stereocenters. The zero-order chi connectivity index (χ0) is 11.0. The van der Waals surface area contributed by atoms with Crippen LogP contribution in [0.5, 0.6) is 0 Å². The number of terminal acetylenes is 1. The second kappa shape index (κ2) is 7.40. The fourth-order valence-electron chi connectivity index (χ4n) is 1.09. The molecule has 80 valence electrons. The Balaban J connectivity index is 3.87. The van der Waals surface area contributed by atoms with Crippen molar-refractivity contribution in [3.05, 3.63) is 0 Å². The highest BCUT2D eigenvalue weighted by molar-refractivity contribution is 5.76. The number of hydrogen-bond acceptors (Lipinski definition) is 2. The standard InChI is InChI=1S/C11H19NO2/c1-5-9-12(6-2)11(13)8-7-10(3)14-4/h1,10H,6-9H2,2-4H3. The number of carbonyl (C=O) groups excluding carboxylic acids is 1. The van der Waals surface area contributed by atoms with Crippen LogP contribution in [0.3, 0.4) is 0 Å². The van der Waals surface area contributed by atoms with Crippen molar-refractivity contribution < 1.29 is 9.53 Å². The molecule has 3 heteroatoms. The Morgan fingerprint density at radius 1 is 1.64 bits per heavy atom. The molecule has 0 aromatic rings. The molecule has 1 atom stereocenters. The third kappa shape index (κ3) is 4.88. The van der Waals surface area contributed by atoms with Crippen LogP contribution in [0.4, 0.5) is 0 Å². The van der Waals surface area contributed by atoms with E-state index in [1.807, 2.05) is 13.8 Å². The lowest BCUT2D eigenvalue weighted by atomic mass is 10.2. The summed E-state index contributed by atoms with van der Waals surface area (Å²) in [6.07, 6.45) is 6.54. The molecule has 0 aromatic carbocycles. The van der Waals surface area contributed by atoms with Crippen LogP contribution in [-0.2, 0) is 9.53 Å². The van der Waals surface area contributed by atoms with Crippen LogP contribution in [-0.4, -0.2) is 37.1 Å². The SMILES string of the molecule is C#CCN(CC)C(=O)CCC(C)OC. The summed E-state index contributed by atoms with van der Waals surface area (Å²) in [6, 6.07) is 0. The second-order valence-electron chi connectivity index (χ2n) is 3.20. The van der Waals surface area contributed by atoms with Gasteiger partial charge in [-0.3, -0.25) is 4.79 Å². The van der Waals surface area contributed by atoms with Gasteiger partial charge < -0.3 is 9.64 Å². The summed E-state index contributed by atoms with van der Waals surface area (Å²) in [5.74, 6) is 2.58. The summed E-state index contributed by atoms with van der Waals surface area (Å²) in [5.41, 5.74) is 0. The van der Waals surface area contributed by atoms with E-state index in [0.29, 0.717) is 19.5 Å². The molecular weight excluding hydrogens is 178 g/mol. The fourth-order valence-corrected chi connectivity index (χ4v) is 1.09. The first-order valence-corrected chi connectivity index (χ1v) is 4.89. The molecule has 1 amide bonds. The molecule has 0 aliphatic rings. The zero-order valence-electron chi connectivity index (χ0n) is 9.25. The van der Waals surface area contributed by atoms with E-state index in [9.17, 15) is 4.79 Å². The van der Waals surface area contributed by atoms with E-state index in [1.54, 1.807) is 12.0 Å². The number of nitrogens with zero attached hydrogens (tertiary/aromatic N) is 1. The minimum absolute atomic E-state index is 0.106. The number of carbonyl (C=O) groups is 1. The molecule has 0 aliphatic heterocycles. The summed E-state index contributed by atoms with van der Waals surface area (Å²) in [4.78, 5) is 13.2. The van der Waals surface area contributed by atoms with E-state index in [4.69, 9.17) is 11.2 Å². The molecule has 0 saturated carbocycles.